The molecule has 2 heteroatoms. The molecule has 12 aromatic rings. The second-order valence-electron chi connectivity index (χ2n) is 17.3. The third-order valence-corrected chi connectivity index (χ3v) is 13.3. The van der Waals surface area contributed by atoms with Gasteiger partial charge >= 0.3 is 0 Å². The highest BCUT2D eigenvalue weighted by Gasteiger charge is 2.21. The van der Waals surface area contributed by atoms with Crippen LogP contribution in [0.15, 0.2) is 279 Å². The molecule has 0 aliphatic heterocycles. The van der Waals surface area contributed by atoms with Gasteiger partial charge in [-0.25, -0.2) is 0 Å². The van der Waals surface area contributed by atoms with Gasteiger partial charge in [-0.1, -0.05) is 224 Å². The Kier molecular flexibility index (Phi) is 10.6. The maximum absolute atomic E-state index is 2.41. The minimum atomic E-state index is 1.07. The Balaban J connectivity index is 0.962. The molecule has 0 bridgehead atoms. The topological polar surface area (TPSA) is 8.17 Å². The van der Waals surface area contributed by atoms with Gasteiger partial charge in [0.15, 0.2) is 0 Å². The van der Waals surface area contributed by atoms with Crippen molar-refractivity contribution in [2.24, 2.45) is 0 Å². The van der Waals surface area contributed by atoms with Crippen LogP contribution in [0.5, 0.6) is 0 Å². The maximum atomic E-state index is 2.41. The summed E-state index contributed by atoms with van der Waals surface area (Å²) >= 11 is 0. The number of anilines is 3. The first-order valence-corrected chi connectivity index (χ1v) is 23.3. The number of para-hydroxylation sites is 3. The third-order valence-electron chi connectivity index (χ3n) is 13.3. The van der Waals surface area contributed by atoms with Gasteiger partial charge in [0.1, 0.15) is 0 Å². The van der Waals surface area contributed by atoms with Crippen molar-refractivity contribution in [2.75, 3.05) is 4.90 Å². The van der Waals surface area contributed by atoms with E-state index < -0.39 is 0 Å². The van der Waals surface area contributed by atoms with Crippen LogP contribution in [0.3, 0.4) is 0 Å². The van der Waals surface area contributed by atoms with Gasteiger partial charge in [0, 0.05) is 33.4 Å². The number of rotatable bonds is 10. The van der Waals surface area contributed by atoms with Gasteiger partial charge in [0.05, 0.1) is 16.7 Å². The van der Waals surface area contributed by atoms with Crippen LogP contribution in [-0.2, 0) is 0 Å². The molecule has 0 spiro atoms. The van der Waals surface area contributed by atoms with Crippen LogP contribution in [-0.4, -0.2) is 4.57 Å². The van der Waals surface area contributed by atoms with Crippen molar-refractivity contribution in [1.82, 2.24) is 4.57 Å². The Morgan fingerprint density at radius 3 is 1.16 bits per heavy atom. The largest absolute Gasteiger partial charge is 0.310 e. The predicted molar refractivity (Wildman–Crippen MR) is 288 cm³/mol. The standard InChI is InChI=1S/C66H46N2/c1-3-18-47(19-4-1)48-34-36-49(37-35-48)50-38-42-54(43-39-50)67(64-31-14-11-28-61(64)60-27-10-9-26-59(60)58-25-8-7-24-57(58)52-20-5-2-6-21-52)55-44-40-51(41-45-55)53-22-17-23-56(46-53)68-65-32-15-12-29-62(65)63-30-13-16-33-66(63)68/h1-46H. The van der Waals surface area contributed by atoms with E-state index in [9.17, 15) is 0 Å². The molecule has 12 rings (SSSR count). The van der Waals surface area contributed by atoms with Crippen LogP contribution < -0.4 is 4.90 Å². The van der Waals surface area contributed by atoms with E-state index in [-0.39, 0.29) is 0 Å². The molecule has 0 aliphatic rings. The molecule has 1 aromatic heterocycles. The lowest BCUT2D eigenvalue weighted by molar-refractivity contribution is 1.18. The van der Waals surface area contributed by atoms with Crippen molar-refractivity contribution in [2.45, 2.75) is 0 Å². The van der Waals surface area contributed by atoms with E-state index in [2.05, 4.69) is 289 Å². The number of nitrogens with zero attached hydrogens (tertiary/aromatic N) is 2. The molecule has 0 amide bonds. The van der Waals surface area contributed by atoms with Crippen LogP contribution in [0, 0.1) is 0 Å². The Bertz CT molecular complexity index is 3650. The zero-order chi connectivity index (χ0) is 45.2. The molecule has 0 saturated heterocycles. The van der Waals surface area contributed by atoms with Crippen molar-refractivity contribution >= 4 is 38.9 Å². The molecule has 0 radical (unpaired) electrons. The zero-order valence-corrected chi connectivity index (χ0v) is 37.5. The molecule has 0 unspecified atom stereocenters. The van der Waals surface area contributed by atoms with Crippen LogP contribution >= 0.6 is 0 Å². The van der Waals surface area contributed by atoms with Crippen molar-refractivity contribution in [3.05, 3.63) is 279 Å². The predicted octanol–water partition coefficient (Wildman–Crippen LogP) is 18.3. The average Bonchev–Trinajstić information content (AvgIpc) is 3.76. The molecule has 1 heterocycles. The highest BCUT2D eigenvalue weighted by molar-refractivity contribution is 6.09. The van der Waals surface area contributed by atoms with Crippen LogP contribution in [0.25, 0.3) is 94.3 Å². The first-order chi connectivity index (χ1) is 33.7. The van der Waals surface area contributed by atoms with E-state index in [0.29, 0.717) is 0 Å². The smallest absolute Gasteiger partial charge is 0.0541 e. The third kappa shape index (κ3) is 7.54. The van der Waals surface area contributed by atoms with Crippen molar-refractivity contribution in [3.63, 3.8) is 0 Å². The number of fused-ring (bicyclic) bond motifs is 3. The highest BCUT2D eigenvalue weighted by atomic mass is 15.1. The molecule has 0 N–H and O–H groups in total. The molecule has 320 valence electrons. The molecule has 0 fully saturated rings. The van der Waals surface area contributed by atoms with Gasteiger partial charge in [-0.15, -0.1) is 0 Å². The summed E-state index contributed by atoms with van der Waals surface area (Å²) in [5.74, 6) is 0. The molecular weight excluding hydrogens is 821 g/mol. The summed E-state index contributed by atoms with van der Waals surface area (Å²) in [6.45, 7) is 0. The molecule has 68 heavy (non-hydrogen) atoms. The molecule has 11 aromatic carbocycles. The quantitative estimate of drug-likeness (QED) is 0.133. The molecular formula is C66H46N2. The summed E-state index contributed by atoms with van der Waals surface area (Å²) in [6, 6.07) is 101. The maximum Gasteiger partial charge on any atom is 0.0541 e. The van der Waals surface area contributed by atoms with E-state index in [1.165, 1.54) is 71.9 Å². The second-order valence-corrected chi connectivity index (χ2v) is 17.3. The van der Waals surface area contributed by atoms with E-state index in [1.807, 2.05) is 0 Å². The van der Waals surface area contributed by atoms with Gasteiger partial charge in [-0.3, -0.25) is 0 Å². The minimum Gasteiger partial charge on any atom is -0.310 e. The Hall–Kier alpha value is -8.98. The van der Waals surface area contributed by atoms with Crippen LogP contribution in [0.1, 0.15) is 0 Å². The summed E-state index contributed by atoms with van der Waals surface area (Å²) in [5.41, 5.74) is 21.0. The Morgan fingerprint density at radius 1 is 0.235 bits per heavy atom. The lowest BCUT2D eigenvalue weighted by Crippen LogP contribution is -2.11. The summed E-state index contributed by atoms with van der Waals surface area (Å²) in [7, 11) is 0. The number of benzene rings is 11. The molecule has 0 saturated carbocycles. The second kappa shape index (κ2) is 17.8. The first-order valence-electron chi connectivity index (χ1n) is 23.3. The fourth-order valence-electron chi connectivity index (χ4n) is 9.98. The Labute approximate surface area is 397 Å². The summed E-state index contributed by atoms with van der Waals surface area (Å²) < 4.78 is 2.39. The summed E-state index contributed by atoms with van der Waals surface area (Å²) in [4.78, 5) is 2.41. The van der Waals surface area contributed by atoms with Crippen molar-refractivity contribution in [3.8, 4) is 72.4 Å². The first kappa shape index (κ1) is 40.5. The zero-order valence-electron chi connectivity index (χ0n) is 37.5. The van der Waals surface area contributed by atoms with E-state index >= 15 is 0 Å². The van der Waals surface area contributed by atoms with Gasteiger partial charge < -0.3 is 9.47 Å². The lowest BCUT2D eigenvalue weighted by atomic mass is 9.88. The van der Waals surface area contributed by atoms with Gasteiger partial charge in [-0.05, 0) is 116 Å². The Morgan fingerprint density at radius 2 is 0.603 bits per heavy atom. The number of aromatic nitrogens is 1. The van der Waals surface area contributed by atoms with Gasteiger partial charge in [0.25, 0.3) is 0 Å². The average molecular weight is 867 g/mol. The fraction of sp³-hybridized carbons (Fsp3) is 0. The van der Waals surface area contributed by atoms with Crippen molar-refractivity contribution < 1.29 is 0 Å². The molecule has 0 aliphatic carbocycles. The van der Waals surface area contributed by atoms with Crippen molar-refractivity contribution in [1.29, 1.82) is 0 Å². The van der Waals surface area contributed by atoms with Gasteiger partial charge in [-0.2, -0.15) is 0 Å². The van der Waals surface area contributed by atoms with Gasteiger partial charge in [0.2, 0.25) is 0 Å². The number of hydrogen-bond acceptors (Lipinski definition) is 1. The molecule has 0 atom stereocenters. The van der Waals surface area contributed by atoms with E-state index in [4.69, 9.17) is 0 Å². The monoisotopic (exact) mass is 866 g/mol. The molecule has 2 nitrogen and oxygen atoms in total. The lowest BCUT2D eigenvalue weighted by Gasteiger charge is -2.29. The SMILES string of the molecule is c1ccc(-c2ccc(-c3ccc(N(c4ccc(-c5cccc(-n6c7ccccc7c7ccccc76)c5)cc4)c4ccccc4-c4ccccc4-c4ccccc4-c4ccccc4)cc3)cc2)cc1. The fourth-order valence-corrected chi connectivity index (χ4v) is 9.98. The normalized spacial score (nSPS) is 11.2. The highest BCUT2D eigenvalue weighted by Crippen LogP contribution is 2.46. The van der Waals surface area contributed by atoms with E-state index in [0.717, 1.165) is 39.4 Å². The summed E-state index contributed by atoms with van der Waals surface area (Å²) in [6.07, 6.45) is 0. The summed E-state index contributed by atoms with van der Waals surface area (Å²) in [5, 5.41) is 2.52. The van der Waals surface area contributed by atoms with Crippen LogP contribution in [0.4, 0.5) is 17.1 Å². The van der Waals surface area contributed by atoms with Crippen LogP contribution in [0.2, 0.25) is 0 Å². The minimum absolute atomic E-state index is 1.07. The number of hydrogen-bond donors (Lipinski definition) is 0. The van der Waals surface area contributed by atoms with E-state index in [1.54, 1.807) is 0 Å².